The molecule has 0 bridgehead atoms. The summed E-state index contributed by atoms with van der Waals surface area (Å²) in [5.41, 5.74) is 6.05. The van der Waals surface area contributed by atoms with Crippen LogP contribution in [-0.4, -0.2) is 5.91 Å². The number of benzene rings is 3. The van der Waals surface area contributed by atoms with Gasteiger partial charge in [-0.15, -0.1) is 0 Å². The number of furan rings is 1. The second-order valence-electron chi connectivity index (χ2n) is 7.34. The highest BCUT2D eigenvalue weighted by atomic mass is 16.3. The molecule has 28 heavy (non-hydrogen) atoms. The number of hydrogen-bond donors (Lipinski definition) is 1. The Labute approximate surface area is 165 Å². The van der Waals surface area contributed by atoms with Crippen LogP contribution >= 0.6 is 0 Å². The lowest BCUT2D eigenvalue weighted by Crippen LogP contribution is -2.14. The second kappa shape index (κ2) is 7.73. The first kappa shape index (κ1) is 18.1. The van der Waals surface area contributed by atoms with Crippen molar-refractivity contribution in [1.29, 1.82) is 0 Å². The van der Waals surface area contributed by atoms with Gasteiger partial charge in [0.05, 0.1) is 12.7 Å². The van der Waals surface area contributed by atoms with Crippen LogP contribution < -0.4 is 5.32 Å². The number of hydrogen-bond acceptors (Lipinski definition) is 2. The van der Waals surface area contributed by atoms with Gasteiger partial charge in [-0.1, -0.05) is 62.4 Å². The maximum Gasteiger partial charge on any atom is 0.228 e. The first-order valence-electron chi connectivity index (χ1n) is 9.55. The van der Waals surface area contributed by atoms with E-state index >= 15 is 0 Å². The topological polar surface area (TPSA) is 42.2 Å². The molecule has 4 aromatic rings. The van der Waals surface area contributed by atoms with Crippen molar-refractivity contribution < 1.29 is 9.21 Å². The van der Waals surface area contributed by atoms with Crippen LogP contribution in [0.3, 0.4) is 0 Å². The van der Waals surface area contributed by atoms with Crippen LogP contribution in [0.1, 0.15) is 30.9 Å². The van der Waals surface area contributed by atoms with Gasteiger partial charge in [0, 0.05) is 16.6 Å². The lowest BCUT2D eigenvalue weighted by atomic mass is 10.00. The Morgan fingerprint density at radius 2 is 1.64 bits per heavy atom. The molecular weight excluding hydrogens is 346 g/mol. The molecular formula is C25H23NO2. The Morgan fingerprint density at radius 3 is 2.36 bits per heavy atom. The minimum Gasteiger partial charge on any atom is -0.464 e. The Hall–Kier alpha value is -3.33. The van der Waals surface area contributed by atoms with E-state index in [1.54, 1.807) is 6.26 Å². The number of nitrogens with one attached hydrogen (secondary N) is 1. The minimum atomic E-state index is -0.0508. The molecule has 0 saturated heterocycles. The minimum absolute atomic E-state index is 0.0508. The van der Waals surface area contributed by atoms with Crippen LogP contribution in [0, 0.1) is 0 Å². The van der Waals surface area contributed by atoms with Crippen LogP contribution in [0.4, 0.5) is 5.69 Å². The van der Waals surface area contributed by atoms with Crippen LogP contribution in [0.5, 0.6) is 0 Å². The smallest absolute Gasteiger partial charge is 0.228 e. The molecule has 0 aliphatic rings. The summed E-state index contributed by atoms with van der Waals surface area (Å²) in [5.74, 6) is 0.384. The molecule has 1 N–H and O–H groups in total. The molecule has 0 fully saturated rings. The van der Waals surface area contributed by atoms with Gasteiger partial charge in [0.25, 0.3) is 0 Å². The van der Waals surface area contributed by atoms with Gasteiger partial charge in [-0.05, 0) is 46.9 Å². The predicted molar refractivity (Wildman–Crippen MR) is 115 cm³/mol. The van der Waals surface area contributed by atoms with Gasteiger partial charge < -0.3 is 9.73 Å². The van der Waals surface area contributed by atoms with Crippen molar-refractivity contribution in [2.24, 2.45) is 0 Å². The third kappa shape index (κ3) is 3.84. The summed E-state index contributed by atoms with van der Waals surface area (Å²) in [6.07, 6.45) is 1.97. The van der Waals surface area contributed by atoms with Crippen molar-refractivity contribution in [1.82, 2.24) is 0 Å². The molecule has 0 aliphatic carbocycles. The molecule has 0 atom stereocenters. The summed E-state index contributed by atoms with van der Waals surface area (Å²) in [7, 11) is 0. The number of anilines is 1. The summed E-state index contributed by atoms with van der Waals surface area (Å²) in [4.78, 5) is 12.5. The molecule has 3 aromatic carbocycles. The lowest BCUT2D eigenvalue weighted by Gasteiger charge is -2.07. The number of rotatable bonds is 5. The van der Waals surface area contributed by atoms with Crippen molar-refractivity contribution in [3.63, 3.8) is 0 Å². The van der Waals surface area contributed by atoms with E-state index in [0.29, 0.717) is 5.92 Å². The average molecular weight is 369 g/mol. The van der Waals surface area contributed by atoms with Gasteiger partial charge in [-0.25, -0.2) is 0 Å². The SMILES string of the molecule is CC(C)c1ccc2occ(CC(=O)Nc3ccc(-c4ccccc4)cc3)c2c1. The van der Waals surface area contributed by atoms with Crippen molar-refractivity contribution in [2.75, 3.05) is 5.32 Å². The summed E-state index contributed by atoms with van der Waals surface area (Å²) in [6.45, 7) is 4.32. The van der Waals surface area contributed by atoms with Crippen molar-refractivity contribution >= 4 is 22.6 Å². The largest absolute Gasteiger partial charge is 0.464 e. The Kier molecular flexibility index (Phi) is 4.98. The number of carbonyl (C=O) groups excluding carboxylic acids is 1. The highest BCUT2D eigenvalue weighted by molar-refractivity contribution is 5.95. The van der Waals surface area contributed by atoms with Gasteiger partial charge >= 0.3 is 0 Å². The normalized spacial score (nSPS) is 11.1. The molecule has 0 aliphatic heterocycles. The van der Waals surface area contributed by atoms with Crippen LogP contribution in [-0.2, 0) is 11.2 Å². The van der Waals surface area contributed by atoms with E-state index in [0.717, 1.165) is 33.3 Å². The van der Waals surface area contributed by atoms with Gasteiger partial charge in [-0.2, -0.15) is 0 Å². The fraction of sp³-hybridized carbons (Fsp3) is 0.160. The molecule has 0 unspecified atom stereocenters. The Bertz CT molecular complexity index is 1090. The molecule has 0 saturated carbocycles. The van der Waals surface area contributed by atoms with E-state index in [4.69, 9.17) is 4.42 Å². The van der Waals surface area contributed by atoms with Gasteiger partial charge in [0.2, 0.25) is 5.91 Å². The van der Waals surface area contributed by atoms with E-state index in [1.807, 2.05) is 48.5 Å². The highest BCUT2D eigenvalue weighted by Gasteiger charge is 2.12. The number of fused-ring (bicyclic) bond motifs is 1. The van der Waals surface area contributed by atoms with Gasteiger partial charge in [0.15, 0.2) is 0 Å². The Morgan fingerprint density at radius 1 is 0.929 bits per heavy atom. The van der Waals surface area contributed by atoms with Crippen LogP contribution in [0.15, 0.2) is 83.5 Å². The van der Waals surface area contributed by atoms with Crippen molar-refractivity contribution in [3.05, 3.63) is 90.2 Å². The highest BCUT2D eigenvalue weighted by Crippen LogP contribution is 2.27. The maximum absolute atomic E-state index is 12.5. The van der Waals surface area contributed by atoms with Gasteiger partial charge in [0.1, 0.15) is 5.58 Å². The summed E-state index contributed by atoms with van der Waals surface area (Å²) in [6, 6.07) is 24.3. The predicted octanol–water partition coefficient (Wildman–Crippen LogP) is 6.40. The molecule has 140 valence electrons. The molecule has 1 aromatic heterocycles. The zero-order chi connectivity index (χ0) is 19.5. The molecule has 1 heterocycles. The van der Waals surface area contributed by atoms with Crippen LogP contribution in [0.2, 0.25) is 0 Å². The first-order chi connectivity index (χ1) is 13.6. The van der Waals surface area contributed by atoms with E-state index < -0.39 is 0 Å². The van der Waals surface area contributed by atoms with Crippen LogP contribution in [0.25, 0.3) is 22.1 Å². The van der Waals surface area contributed by atoms with E-state index in [2.05, 4.69) is 43.4 Å². The van der Waals surface area contributed by atoms with Gasteiger partial charge in [-0.3, -0.25) is 4.79 Å². The zero-order valence-corrected chi connectivity index (χ0v) is 16.1. The molecule has 0 spiro atoms. The molecule has 1 amide bonds. The quantitative estimate of drug-likeness (QED) is 0.442. The fourth-order valence-electron chi connectivity index (χ4n) is 3.35. The molecule has 3 nitrogen and oxygen atoms in total. The van der Waals surface area contributed by atoms with Crippen molar-refractivity contribution in [3.8, 4) is 11.1 Å². The summed E-state index contributed by atoms with van der Waals surface area (Å²) >= 11 is 0. The molecule has 0 radical (unpaired) electrons. The molecule has 4 rings (SSSR count). The third-order valence-electron chi connectivity index (χ3n) is 4.97. The van der Waals surface area contributed by atoms with Crippen molar-refractivity contribution in [2.45, 2.75) is 26.2 Å². The average Bonchev–Trinajstić information content (AvgIpc) is 3.11. The standard InChI is InChI=1S/C25H23NO2/c1-17(2)20-10-13-24-23(14-20)21(16-28-24)15-25(27)26-22-11-8-19(9-12-22)18-6-4-3-5-7-18/h3-14,16-17H,15H2,1-2H3,(H,26,27). The number of amides is 1. The lowest BCUT2D eigenvalue weighted by molar-refractivity contribution is -0.115. The van der Waals surface area contributed by atoms with E-state index in [-0.39, 0.29) is 12.3 Å². The monoisotopic (exact) mass is 369 g/mol. The summed E-state index contributed by atoms with van der Waals surface area (Å²) < 4.78 is 5.62. The Balaban J connectivity index is 1.47. The first-order valence-corrected chi connectivity index (χ1v) is 9.55. The summed E-state index contributed by atoms with van der Waals surface area (Å²) in [5, 5.41) is 3.99. The van der Waals surface area contributed by atoms with E-state index in [1.165, 1.54) is 5.56 Å². The molecule has 3 heteroatoms. The number of carbonyl (C=O) groups is 1. The zero-order valence-electron chi connectivity index (χ0n) is 16.1. The second-order valence-corrected chi connectivity index (χ2v) is 7.34. The third-order valence-corrected chi connectivity index (χ3v) is 4.97. The van der Waals surface area contributed by atoms with E-state index in [9.17, 15) is 4.79 Å². The maximum atomic E-state index is 12.5. The fourth-order valence-corrected chi connectivity index (χ4v) is 3.35.